The summed E-state index contributed by atoms with van der Waals surface area (Å²) >= 11 is 1.25. The Morgan fingerprint density at radius 2 is 2.33 bits per heavy atom. The molecule has 0 radical (unpaired) electrons. The molecule has 12 heavy (non-hydrogen) atoms. The first kappa shape index (κ1) is 9.14. The zero-order valence-electron chi connectivity index (χ0n) is 6.02. The van der Waals surface area contributed by atoms with Crippen LogP contribution >= 0.6 is 11.3 Å². The van der Waals surface area contributed by atoms with Crippen LogP contribution in [0.5, 0.6) is 0 Å². The zero-order valence-corrected chi connectivity index (χ0v) is 6.84. The van der Waals surface area contributed by atoms with E-state index in [2.05, 4.69) is 0 Å². The lowest BCUT2D eigenvalue weighted by atomic mass is 10.1. The van der Waals surface area contributed by atoms with Gasteiger partial charge in [0.2, 0.25) is 0 Å². The SMILES string of the molecule is NNC(=O)C(O)(O)c1ccsc1. The Morgan fingerprint density at radius 3 is 2.75 bits per heavy atom. The van der Waals surface area contributed by atoms with Crippen molar-refractivity contribution in [2.45, 2.75) is 5.79 Å². The maximum Gasteiger partial charge on any atom is 0.298 e. The van der Waals surface area contributed by atoms with Gasteiger partial charge in [0, 0.05) is 5.56 Å². The smallest absolute Gasteiger partial charge is 0.298 e. The van der Waals surface area contributed by atoms with E-state index in [0.29, 0.717) is 0 Å². The molecule has 5 nitrogen and oxygen atoms in total. The van der Waals surface area contributed by atoms with Crippen molar-refractivity contribution in [1.82, 2.24) is 5.43 Å². The predicted molar refractivity (Wildman–Crippen MR) is 42.8 cm³/mol. The molecule has 0 atom stereocenters. The van der Waals surface area contributed by atoms with Gasteiger partial charge in [-0.2, -0.15) is 11.3 Å². The Balaban J connectivity index is 2.93. The third kappa shape index (κ3) is 1.46. The number of carbonyl (C=O) groups is 1. The van der Waals surface area contributed by atoms with Crippen molar-refractivity contribution in [1.29, 1.82) is 0 Å². The highest BCUT2D eigenvalue weighted by Crippen LogP contribution is 2.20. The van der Waals surface area contributed by atoms with Crippen LogP contribution in [0.3, 0.4) is 0 Å². The minimum atomic E-state index is -2.53. The Labute approximate surface area is 72.4 Å². The molecule has 5 N–H and O–H groups in total. The van der Waals surface area contributed by atoms with E-state index in [-0.39, 0.29) is 5.56 Å². The van der Waals surface area contributed by atoms with E-state index in [4.69, 9.17) is 5.84 Å². The lowest BCUT2D eigenvalue weighted by Crippen LogP contribution is -2.47. The van der Waals surface area contributed by atoms with Gasteiger partial charge in [-0.15, -0.1) is 0 Å². The van der Waals surface area contributed by atoms with Gasteiger partial charge in [-0.1, -0.05) is 0 Å². The van der Waals surface area contributed by atoms with Gasteiger partial charge in [-0.25, -0.2) is 5.84 Å². The monoisotopic (exact) mass is 188 g/mol. The van der Waals surface area contributed by atoms with Crippen molar-refractivity contribution >= 4 is 17.2 Å². The van der Waals surface area contributed by atoms with E-state index in [1.165, 1.54) is 22.8 Å². The van der Waals surface area contributed by atoms with Crippen LogP contribution < -0.4 is 11.3 Å². The summed E-state index contributed by atoms with van der Waals surface area (Å²) in [5.74, 6) is 1.16. The Hall–Kier alpha value is -0.950. The van der Waals surface area contributed by atoms with Crippen LogP contribution in [0, 0.1) is 0 Å². The fourth-order valence-corrected chi connectivity index (χ4v) is 1.39. The minimum Gasteiger partial charge on any atom is -0.354 e. The molecule has 6 heteroatoms. The van der Waals surface area contributed by atoms with E-state index >= 15 is 0 Å². The molecule has 0 saturated heterocycles. The lowest BCUT2D eigenvalue weighted by molar-refractivity contribution is -0.189. The molecule has 0 aliphatic heterocycles. The fraction of sp³-hybridized carbons (Fsp3) is 0.167. The van der Waals surface area contributed by atoms with Gasteiger partial charge in [0.1, 0.15) is 0 Å². The molecular weight excluding hydrogens is 180 g/mol. The van der Waals surface area contributed by atoms with E-state index in [9.17, 15) is 15.0 Å². The average Bonchev–Trinajstić information content (AvgIpc) is 2.55. The number of hydrogen-bond acceptors (Lipinski definition) is 5. The number of hydrogen-bond donors (Lipinski definition) is 4. The van der Waals surface area contributed by atoms with Gasteiger partial charge in [-0.05, 0) is 16.8 Å². The number of aliphatic hydroxyl groups is 2. The summed E-state index contributed by atoms with van der Waals surface area (Å²) in [7, 11) is 0. The molecule has 1 amide bonds. The van der Waals surface area contributed by atoms with Crippen molar-refractivity contribution in [3.8, 4) is 0 Å². The summed E-state index contributed by atoms with van der Waals surface area (Å²) in [6.45, 7) is 0. The molecule has 0 bridgehead atoms. The molecule has 0 aromatic carbocycles. The number of carbonyl (C=O) groups excluding carboxylic acids is 1. The molecule has 0 aliphatic carbocycles. The van der Waals surface area contributed by atoms with Crippen molar-refractivity contribution in [3.63, 3.8) is 0 Å². The molecule has 0 unspecified atom stereocenters. The predicted octanol–water partition coefficient (Wildman–Crippen LogP) is -1.12. The standard InChI is InChI=1S/C6H8N2O3S/c7-8-5(9)6(10,11)4-1-2-12-3-4/h1-3,10-11H,7H2,(H,8,9). The summed E-state index contributed by atoms with van der Waals surface area (Å²) in [5.41, 5.74) is 1.77. The van der Waals surface area contributed by atoms with Crippen LogP contribution in [0.4, 0.5) is 0 Å². The highest BCUT2D eigenvalue weighted by molar-refractivity contribution is 7.08. The first-order valence-electron chi connectivity index (χ1n) is 3.07. The lowest BCUT2D eigenvalue weighted by Gasteiger charge is -2.17. The fourth-order valence-electron chi connectivity index (χ4n) is 0.695. The van der Waals surface area contributed by atoms with Gasteiger partial charge in [0.15, 0.2) is 0 Å². The Bertz CT molecular complexity index is 270. The van der Waals surface area contributed by atoms with Crippen LogP contribution in [0.1, 0.15) is 5.56 Å². The highest BCUT2D eigenvalue weighted by Gasteiger charge is 2.35. The average molecular weight is 188 g/mol. The van der Waals surface area contributed by atoms with Crippen LogP contribution in [-0.4, -0.2) is 16.1 Å². The van der Waals surface area contributed by atoms with Crippen molar-refractivity contribution < 1.29 is 15.0 Å². The number of nitrogens with two attached hydrogens (primary N) is 1. The third-order valence-electron chi connectivity index (χ3n) is 1.37. The maximum atomic E-state index is 10.8. The van der Waals surface area contributed by atoms with E-state index in [1.807, 2.05) is 0 Å². The Morgan fingerprint density at radius 1 is 1.67 bits per heavy atom. The van der Waals surface area contributed by atoms with Gasteiger partial charge in [-0.3, -0.25) is 10.2 Å². The topological polar surface area (TPSA) is 95.6 Å². The number of hydrazine groups is 1. The number of thiophene rings is 1. The number of rotatable bonds is 2. The van der Waals surface area contributed by atoms with Crippen LogP contribution in [0.25, 0.3) is 0 Å². The highest BCUT2D eigenvalue weighted by atomic mass is 32.1. The molecule has 1 heterocycles. The normalized spacial score (nSPS) is 11.2. The van der Waals surface area contributed by atoms with Gasteiger partial charge in [0.25, 0.3) is 11.7 Å². The summed E-state index contributed by atoms with van der Waals surface area (Å²) in [6.07, 6.45) is 0. The molecule has 1 rings (SSSR count). The zero-order chi connectivity index (χ0) is 9.19. The number of nitrogens with one attached hydrogen (secondary N) is 1. The molecule has 1 aromatic heterocycles. The van der Waals surface area contributed by atoms with Crippen LogP contribution in [0.2, 0.25) is 0 Å². The molecule has 0 saturated carbocycles. The summed E-state index contributed by atoms with van der Waals surface area (Å²) < 4.78 is 0. The van der Waals surface area contributed by atoms with Gasteiger partial charge in [0.05, 0.1) is 0 Å². The van der Waals surface area contributed by atoms with Crippen LogP contribution in [-0.2, 0) is 10.6 Å². The minimum absolute atomic E-state index is 0.107. The second-order valence-electron chi connectivity index (χ2n) is 2.16. The third-order valence-corrected chi connectivity index (χ3v) is 2.05. The number of amides is 1. The molecule has 0 fully saturated rings. The summed E-state index contributed by atoms with van der Waals surface area (Å²) in [5, 5.41) is 21.5. The second-order valence-corrected chi connectivity index (χ2v) is 2.94. The first-order chi connectivity index (χ1) is 5.59. The maximum absolute atomic E-state index is 10.8. The first-order valence-corrected chi connectivity index (χ1v) is 4.01. The molecule has 0 spiro atoms. The van der Waals surface area contributed by atoms with Crippen molar-refractivity contribution in [3.05, 3.63) is 22.4 Å². The summed E-state index contributed by atoms with van der Waals surface area (Å²) in [4.78, 5) is 10.8. The Kier molecular flexibility index (Phi) is 2.43. The summed E-state index contributed by atoms with van der Waals surface area (Å²) in [6, 6.07) is 1.43. The molecule has 0 aliphatic rings. The van der Waals surface area contributed by atoms with Crippen molar-refractivity contribution in [2.75, 3.05) is 0 Å². The van der Waals surface area contributed by atoms with E-state index < -0.39 is 11.7 Å². The van der Waals surface area contributed by atoms with E-state index in [1.54, 1.807) is 10.8 Å². The molecule has 66 valence electrons. The second kappa shape index (κ2) is 3.20. The van der Waals surface area contributed by atoms with Crippen LogP contribution in [0.15, 0.2) is 16.8 Å². The van der Waals surface area contributed by atoms with Gasteiger partial charge >= 0.3 is 0 Å². The largest absolute Gasteiger partial charge is 0.354 e. The van der Waals surface area contributed by atoms with E-state index in [0.717, 1.165) is 0 Å². The molecular formula is C6H8N2O3S. The quantitative estimate of drug-likeness (QED) is 0.204. The molecule has 1 aromatic rings. The van der Waals surface area contributed by atoms with Gasteiger partial charge < -0.3 is 10.2 Å². The van der Waals surface area contributed by atoms with Crippen molar-refractivity contribution in [2.24, 2.45) is 5.84 Å².